The van der Waals surface area contributed by atoms with Crippen LogP contribution in [0.2, 0.25) is 0 Å². The molecule has 0 aromatic heterocycles. The molecule has 0 saturated heterocycles. The fraction of sp³-hybridized carbons (Fsp3) is 0.900. The molecule has 0 unspecified atom stereocenters. The summed E-state index contributed by atoms with van der Waals surface area (Å²) >= 11 is 0. The van der Waals surface area contributed by atoms with Crippen LogP contribution in [0.4, 0.5) is 4.79 Å². The van der Waals surface area contributed by atoms with Crippen molar-refractivity contribution in [1.29, 1.82) is 0 Å². The zero-order valence-electron chi connectivity index (χ0n) is 18.1. The Bertz CT molecular complexity index is 397. The molecule has 0 aliphatic carbocycles. The number of carbonyl (C=O) groups is 2. The molecule has 0 radical (unpaired) electrons. The highest BCUT2D eigenvalue weighted by molar-refractivity contribution is 5.69. The number of unbranched alkanes of at least 4 members (excludes halogenated alkanes) is 3. The average Bonchev–Trinajstić information content (AvgIpc) is 2.61. The Hall–Kier alpha value is -1.38. The maximum absolute atomic E-state index is 11.4. The first-order valence-corrected chi connectivity index (χ1v) is 10.2. The summed E-state index contributed by atoms with van der Waals surface area (Å²) < 4.78 is 26.2. The highest BCUT2D eigenvalue weighted by Crippen LogP contribution is 2.06. The lowest BCUT2D eigenvalue weighted by Crippen LogP contribution is -2.34. The number of hydrogen-bond acceptors (Lipinski definition) is 7. The van der Waals surface area contributed by atoms with Crippen LogP contribution >= 0.6 is 0 Å². The molecule has 0 saturated carbocycles. The van der Waals surface area contributed by atoms with Crippen molar-refractivity contribution in [1.82, 2.24) is 5.32 Å². The largest absolute Gasteiger partial charge is 0.463 e. The van der Waals surface area contributed by atoms with Gasteiger partial charge in [-0.15, -0.1) is 0 Å². The zero-order chi connectivity index (χ0) is 21.1. The Morgan fingerprint density at radius 1 is 0.786 bits per heavy atom. The number of esters is 1. The lowest BCUT2D eigenvalue weighted by Gasteiger charge is -2.19. The molecule has 0 fully saturated rings. The van der Waals surface area contributed by atoms with Crippen LogP contribution in [0.25, 0.3) is 0 Å². The van der Waals surface area contributed by atoms with Gasteiger partial charge in [0, 0.05) is 13.0 Å². The Kier molecular flexibility index (Phi) is 16.8. The number of ether oxygens (including phenoxy) is 5. The molecule has 8 heteroatoms. The normalized spacial score (nSPS) is 11.3. The van der Waals surface area contributed by atoms with Gasteiger partial charge in [-0.1, -0.05) is 26.2 Å². The molecular formula is C20H39NO7. The molecule has 28 heavy (non-hydrogen) atoms. The zero-order valence-corrected chi connectivity index (χ0v) is 18.1. The predicted molar refractivity (Wildman–Crippen MR) is 106 cm³/mol. The molecule has 0 aliphatic heterocycles. The molecule has 1 N–H and O–H groups in total. The third-order valence-corrected chi connectivity index (χ3v) is 3.38. The van der Waals surface area contributed by atoms with E-state index in [9.17, 15) is 9.59 Å². The van der Waals surface area contributed by atoms with Crippen molar-refractivity contribution >= 4 is 12.1 Å². The lowest BCUT2D eigenvalue weighted by molar-refractivity contribution is -0.145. The van der Waals surface area contributed by atoms with Crippen LogP contribution < -0.4 is 5.32 Å². The second-order valence-electron chi connectivity index (χ2n) is 7.30. The number of hydrogen-bond donors (Lipinski definition) is 1. The standard InChI is InChI=1S/C20H39NO7/c1-5-6-7-8-9-18(22)27-17-16-26-15-14-25-13-12-24-11-10-21-19(23)28-20(2,3)4/h5-17H2,1-4H3,(H,21,23). The van der Waals surface area contributed by atoms with Crippen LogP contribution in [0.3, 0.4) is 0 Å². The monoisotopic (exact) mass is 405 g/mol. The van der Waals surface area contributed by atoms with Gasteiger partial charge in [0.25, 0.3) is 0 Å². The summed E-state index contributed by atoms with van der Waals surface area (Å²) in [6, 6.07) is 0. The molecule has 0 spiro atoms. The Balaban J connectivity index is 3.23. The van der Waals surface area contributed by atoms with E-state index in [2.05, 4.69) is 12.2 Å². The van der Waals surface area contributed by atoms with Gasteiger partial charge in [-0.2, -0.15) is 0 Å². The molecule has 166 valence electrons. The number of amides is 1. The average molecular weight is 406 g/mol. The molecule has 0 bridgehead atoms. The van der Waals surface area contributed by atoms with Crippen LogP contribution in [0, 0.1) is 0 Å². The molecular weight excluding hydrogens is 366 g/mol. The Labute approximate surface area is 169 Å². The lowest BCUT2D eigenvalue weighted by atomic mass is 10.2. The van der Waals surface area contributed by atoms with Crippen LogP contribution in [0.1, 0.15) is 59.8 Å². The van der Waals surface area contributed by atoms with Gasteiger partial charge in [-0.25, -0.2) is 4.79 Å². The number of rotatable bonds is 17. The van der Waals surface area contributed by atoms with Crippen LogP contribution in [-0.4, -0.2) is 70.5 Å². The van der Waals surface area contributed by atoms with E-state index in [0.29, 0.717) is 52.6 Å². The van der Waals surface area contributed by atoms with E-state index in [1.54, 1.807) is 0 Å². The van der Waals surface area contributed by atoms with Gasteiger partial charge in [-0.05, 0) is 27.2 Å². The number of alkyl carbamates (subject to hydrolysis) is 1. The quantitative estimate of drug-likeness (QED) is 0.294. The van der Waals surface area contributed by atoms with Gasteiger partial charge < -0.3 is 29.0 Å². The van der Waals surface area contributed by atoms with Crippen molar-refractivity contribution in [3.05, 3.63) is 0 Å². The van der Waals surface area contributed by atoms with Gasteiger partial charge in [0.15, 0.2) is 0 Å². The smallest absolute Gasteiger partial charge is 0.407 e. The first-order valence-electron chi connectivity index (χ1n) is 10.2. The van der Waals surface area contributed by atoms with E-state index < -0.39 is 11.7 Å². The molecule has 0 rings (SSSR count). The van der Waals surface area contributed by atoms with Crippen molar-refractivity contribution in [2.75, 3.05) is 52.8 Å². The van der Waals surface area contributed by atoms with E-state index in [4.69, 9.17) is 23.7 Å². The van der Waals surface area contributed by atoms with Crippen molar-refractivity contribution < 1.29 is 33.3 Å². The van der Waals surface area contributed by atoms with E-state index in [1.807, 2.05) is 20.8 Å². The van der Waals surface area contributed by atoms with E-state index in [0.717, 1.165) is 25.7 Å². The molecule has 0 aromatic rings. The van der Waals surface area contributed by atoms with Gasteiger partial charge in [0.05, 0.1) is 39.6 Å². The molecule has 1 amide bonds. The van der Waals surface area contributed by atoms with Crippen LogP contribution in [-0.2, 0) is 28.5 Å². The second kappa shape index (κ2) is 17.7. The summed E-state index contributed by atoms with van der Waals surface area (Å²) in [5.74, 6) is -0.158. The first kappa shape index (κ1) is 26.6. The Morgan fingerprint density at radius 3 is 1.93 bits per heavy atom. The summed E-state index contributed by atoms with van der Waals surface area (Å²) in [7, 11) is 0. The molecule has 0 heterocycles. The third kappa shape index (κ3) is 20.9. The van der Waals surface area contributed by atoms with Crippen LogP contribution in [0.15, 0.2) is 0 Å². The van der Waals surface area contributed by atoms with E-state index >= 15 is 0 Å². The van der Waals surface area contributed by atoms with Gasteiger partial charge in [-0.3, -0.25) is 4.79 Å². The highest BCUT2D eigenvalue weighted by atomic mass is 16.6. The SMILES string of the molecule is CCCCCCC(=O)OCCOCCOCCOCCNC(=O)OC(C)(C)C. The fourth-order valence-electron chi connectivity index (χ4n) is 2.06. The number of carbonyl (C=O) groups excluding carboxylic acids is 2. The summed E-state index contributed by atoms with van der Waals surface area (Å²) in [6.45, 7) is 10.8. The summed E-state index contributed by atoms with van der Waals surface area (Å²) in [5, 5.41) is 2.61. The van der Waals surface area contributed by atoms with Crippen molar-refractivity contribution in [2.45, 2.75) is 65.4 Å². The molecule has 0 aromatic carbocycles. The van der Waals surface area contributed by atoms with E-state index in [1.165, 1.54) is 0 Å². The molecule has 0 aliphatic rings. The van der Waals surface area contributed by atoms with Crippen molar-refractivity contribution in [3.8, 4) is 0 Å². The maximum atomic E-state index is 11.4. The Morgan fingerprint density at radius 2 is 1.36 bits per heavy atom. The third-order valence-electron chi connectivity index (χ3n) is 3.38. The van der Waals surface area contributed by atoms with Crippen molar-refractivity contribution in [3.63, 3.8) is 0 Å². The van der Waals surface area contributed by atoms with Gasteiger partial charge >= 0.3 is 12.1 Å². The fourth-order valence-corrected chi connectivity index (χ4v) is 2.06. The molecule has 0 atom stereocenters. The minimum Gasteiger partial charge on any atom is -0.463 e. The highest BCUT2D eigenvalue weighted by Gasteiger charge is 2.15. The van der Waals surface area contributed by atoms with Crippen LogP contribution in [0.5, 0.6) is 0 Å². The summed E-state index contributed by atoms with van der Waals surface area (Å²) in [4.78, 5) is 22.8. The first-order chi connectivity index (χ1) is 13.3. The number of nitrogens with one attached hydrogen (secondary N) is 1. The minimum absolute atomic E-state index is 0.158. The maximum Gasteiger partial charge on any atom is 0.407 e. The van der Waals surface area contributed by atoms with Gasteiger partial charge in [0.2, 0.25) is 0 Å². The van der Waals surface area contributed by atoms with Crippen molar-refractivity contribution in [2.24, 2.45) is 0 Å². The van der Waals surface area contributed by atoms with Gasteiger partial charge in [0.1, 0.15) is 12.2 Å². The summed E-state index contributed by atoms with van der Waals surface area (Å²) in [6.07, 6.45) is 4.30. The molecule has 8 nitrogen and oxygen atoms in total. The minimum atomic E-state index is -0.503. The topological polar surface area (TPSA) is 92.3 Å². The second-order valence-corrected chi connectivity index (χ2v) is 7.30. The summed E-state index contributed by atoms with van der Waals surface area (Å²) in [5.41, 5.74) is -0.503. The van der Waals surface area contributed by atoms with E-state index in [-0.39, 0.29) is 12.6 Å². The predicted octanol–water partition coefficient (Wildman–Crippen LogP) is 3.07.